The first-order valence-electron chi connectivity index (χ1n) is 9.37. The molecule has 0 bridgehead atoms. The second-order valence-electron chi connectivity index (χ2n) is 7.04. The van der Waals surface area contributed by atoms with Crippen molar-refractivity contribution in [3.05, 3.63) is 65.9 Å². The molecular formula is C23H23N3OS. The van der Waals surface area contributed by atoms with Crippen molar-refractivity contribution in [3.63, 3.8) is 0 Å². The summed E-state index contributed by atoms with van der Waals surface area (Å²) in [6.45, 7) is 4.29. The minimum Gasteiger partial charge on any atom is -0.325 e. The highest BCUT2D eigenvalue weighted by molar-refractivity contribution is 7.99. The summed E-state index contributed by atoms with van der Waals surface area (Å²) in [5.74, 6) is 1.04. The smallest absolute Gasteiger partial charge is 0.225 e. The van der Waals surface area contributed by atoms with Gasteiger partial charge in [-0.25, -0.2) is 4.98 Å². The fourth-order valence-electron chi connectivity index (χ4n) is 2.99. The number of rotatable bonds is 7. The van der Waals surface area contributed by atoms with Crippen molar-refractivity contribution >= 4 is 34.1 Å². The fourth-order valence-corrected chi connectivity index (χ4v) is 3.93. The van der Waals surface area contributed by atoms with Gasteiger partial charge >= 0.3 is 0 Å². The quantitative estimate of drug-likeness (QED) is 0.548. The lowest BCUT2D eigenvalue weighted by atomic mass is 10.1. The van der Waals surface area contributed by atoms with Crippen LogP contribution in [0.2, 0.25) is 0 Å². The molecule has 0 saturated carbocycles. The number of nitrogens with one attached hydrogen (secondary N) is 1. The van der Waals surface area contributed by atoms with Crippen LogP contribution in [-0.4, -0.2) is 16.6 Å². The Bertz CT molecular complexity index is 1020. The Morgan fingerprint density at radius 1 is 1.14 bits per heavy atom. The van der Waals surface area contributed by atoms with E-state index in [0.717, 1.165) is 28.6 Å². The van der Waals surface area contributed by atoms with Gasteiger partial charge in [0.15, 0.2) is 0 Å². The van der Waals surface area contributed by atoms with Crippen molar-refractivity contribution in [2.45, 2.75) is 31.7 Å². The lowest BCUT2D eigenvalue weighted by molar-refractivity contribution is -0.115. The summed E-state index contributed by atoms with van der Waals surface area (Å²) in [4.78, 5) is 17.0. The van der Waals surface area contributed by atoms with Crippen LogP contribution in [0.4, 0.5) is 5.69 Å². The molecular weight excluding hydrogens is 366 g/mol. The number of hydrogen-bond donors (Lipinski definition) is 1. The predicted molar refractivity (Wildman–Crippen MR) is 115 cm³/mol. The van der Waals surface area contributed by atoms with Crippen molar-refractivity contribution in [1.82, 2.24) is 4.98 Å². The highest BCUT2D eigenvalue weighted by Gasteiger charge is 2.10. The average molecular weight is 390 g/mol. The highest BCUT2D eigenvalue weighted by atomic mass is 32.2. The molecule has 4 nitrogen and oxygen atoms in total. The van der Waals surface area contributed by atoms with Gasteiger partial charge in [-0.1, -0.05) is 50.2 Å². The van der Waals surface area contributed by atoms with Crippen molar-refractivity contribution in [2.75, 3.05) is 11.1 Å². The van der Waals surface area contributed by atoms with Gasteiger partial charge in [0.25, 0.3) is 0 Å². The van der Waals surface area contributed by atoms with Crippen LogP contribution in [0.25, 0.3) is 10.8 Å². The topological polar surface area (TPSA) is 65.8 Å². The average Bonchev–Trinajstić information content (AvgIpc) is 2.68. The van der Waals surface area contributed by atoms with E-state index in [4.69, 9.17) is 0 Å². The van der Waals surface area contributed by atoms with E-state index < -0.39 is 0 Å². The summed E-state index contributed by atoms with van der Waals surface area (Å²) in [5.41, 5.74) is 2.37. The number of nitriles is 1. The molecule has 0 unspecified atom stereocenters. The maximum Gasteiger partial charge on any atom is 0.225 e. The SMILES string of the molecule is CC(C)Cc1ccc(C#N)c(SCCC(=O)Nc2cccc3ccccc23)n1. The zero-order valence-corrected chi connectivity index (χ0v) is 16.9. The molecule has 1 heterocycles. The molecule has 142 valence electrons. The van der Waals surface area contributed by atoms with Gasteiger partial charge in [0.05, 0.1) is 5.56 Å². The Morgan fingerprint density at radius 3 is 2.71 bits per heavy atom. The summed E-state index contributed by atoms with van der Waals surface area (Å²) < 4.78 is 0. The van der Waals surface area contributed by atoms with Crippen LogP contribution in [0.15, 0.2) is 59.6 Å². The normalized spacial score (nSPS) is 10.8. The Hall–Kier alpha value is -2.84. The summed E-state index contributed by atoms with van der Waals surface area (Å²) in [6.07, 6.45) is 1.23. The van der Waals surface area contributed by atoms with Gasteiger partial charge in [-0.3, -0.25) is 4.79 Å². The number of anilines is 1. The van der Waals surface area contributed by atoms with Gasteiger partial charge in [-0.2, -0.15) is 5.26 Å². The molecule has 0 fully saturated rings. The van der Waals surface area contributed by atoms with Crippen LogP contribution in [0.1, 0.15) is 31.5 Å². The van der Waals surface area contributed by atoms with E-state index >= 15 is 0 Å². The number of pyridine rings is 1. The minimum absolute atomic E-state index is 0.0410. The third-order valence-electron chi connectivity index (χ3n) is 4.29. The Labute approximate surface area is 170 Å². The van der Waals surface area contributed by atoms with Crippen LogP contribution in [-0.2, 0) is 11.2 Å². The number of fused-ring (bicyclic) bond motifs is 1. The molecule has 0 radical (unpaired) electrons. The molecule has 0 spiro atoms. The largest absolute Gasteiger partial charge is 0.325 e. The monoisotopic (exact) mass is 389 g/mol. The molecule has 28 heavy (non-hydrogen) atoms. The van der Waals surface area contributed by atoms with E-state index in [-0.39, 0.29) is 5.91 Å². The lowest BCUT2D eigenvalue weighted by Crippen LogP contribution is -2.12. The number of thioether (sulfide) groups is 1. The third-order valence-corrected chi connectivity index (χ3v) is 5.28. The highest BCUT2D eigenvalue weighted by Crippen LogP contribution is 2.25. The van der Waals surface area contributed by atoms with Gasteiger partial charge < -0.3 is 5.32 Å². The molecule has 5 heteroatoms. The van der Waals surface area contributed by atoms with E-state index in [1.165, 1.54) is 11.8 Å². The summed E-state index contributed by atoms with van der Waals surface area (Å²) in [6, 6.07) is 19.8. The van der Waals surface area contributed by atoms with Gasteiger partial charge in [-0.15, -0.1) is 11.8 Å². The molecule has 3 rings (SSSR count). The van der Waals surface area contributed by atoms with Crippen molar-refractivity contribution in [2.24, 2.45) is 5.92 Å². The maximum absolute atomic E-state index is 12.4. The minimum atomic E-state index is -0.0410. The zero-order chi connectivity index (χ0) is 19.9. The predicted octanol–water partition coefficient (Wildman–Crippen LogP) is 5.43. The molecule has 0 aliphatic heterocycles. The van der Waals surface area contributed by atoms with Gasteiger partial charge in [-0.05, 0) is 35.9 Å². The summed E-state index contributed by atoms with van der Waals surface area (Å²) in [7, 11) is 0. The van der Waals surface area contributed by atoms with Crippen molar-refractivity contribution in [3.8, 4) is 6.07 Å². The van der Waals surface area contributed by atoms with Crippen LogP contribution >= 0.6 is 11.8 Å². The van der Waals surface area contributed by atoms with Crippen LogP contribution in [0.3, 0.4) is 0 Å². The van der Waals surface area contributed by atoms with Gasteiger partial charge in [0.2, 0.25) is 5.91 Å². The number of carbonyl (C=O) groups excluding carboxylic acids is 1. The Morgan fingerprint density at radius 2 is 1.93 bits per heavy atom. The molecule has 0 aliphatic rings. The molecule has 1 N–H and O–H groups in total. The van der Waals surface area contributed by atoms with E-state index in [0.29, 0.717) is 28.7 Å². The molecule has 0 saturated heterocycles. The molecule has 1 amide bonds. The Balaban J connectivity index is 1.62. The first kappa shape index (κ1) is 19.9. The maximum atomic E-state index is 12.4. The Kier molecular flexibility index (Phi) is 6.67. The standard InChI is InChI=1S/C23H23N3OS/c1-16(2)14-19-11-10-18(15-24)23(25-19)28-13-12-22(27)26-21-9-5-7-17-6-3-4-8-20(17)21/h3-11,16H,12-14H2,1-2H3,(H,26,27). The summed E-state index contributed by atoms with van der Waals surface area (Å²) >= 11 is 1.46. The van der Waals surface area contributed by atoms with E-state index in [1.807, 2.05) is 54.6 Å². The molecule has 3 aromatic rings. The summed E-state index contributed by atoms with van der Waals surface area (Å²) in [5, 5.41) is 15.1. The second kappa shape index (κ2) is 9.38. The molecule has 1 aromatic heterocycles. The molecule has 2 aromatic carbocycles. The van der Waals surface area contributed by atoms with Crippen LogP contribution in [0, 0.1) is 17.2 Å². The second-order valence-corrected chi connectivity index (χ2v) is 8.12. The van der Waals surface area contributed by atoms with Crippen molar-refractivity contribution in [1.29, 1.82) is 5.26 Å². The molecule has 0 aliphatic carbocycles. The van der Waals surface area contributed by atoms with E-state index in [1.54, 1.807) is 0 Å². The number of amides is 1. The number of nitrogens with zero attached hydrogens (tertiary/aromatic N) is 2. The zero-order valence-electron chi connectivity index (χ0n) is 16.1. The number of benzene rings is 2. The number of aromatic nitrogens is 1. The van der Waals surface area contributed by atoms with Crippen LogP contribution < -0.4 is 5.32 Å². The third kappa shape index (κ3) is 5.11. The lowest BCUT2D eigenvalue weighted by Gasteiger charge is -2.10. The van der Waals surface area contributed by atoms with Crippen molar-refractivity contribution < 1.29 is 4.79 Å². The molecule has 0 atom stereocenters. The van der Waals surface area contributed by atoms with E-state index in [9.17, 15) is 10.1 Å². The van der Waals surface area contributed by atoms with Crippen LogP contribution in [0.5, 0.6) is 0 Å². The van der Waals surface area contributed by atoms with E-state index in [2.05, 4.69) is 30.2 Å². The fraction of sp³-hybridized carbons (Fsp3) is 0.261. The van der Waals surface area contributed by atoms with Gasteiger partial charge in [0, 0.05) is 28.9 Å². The first-order chi connectivity index (χ1) is 13.6. The number of hydrogen-bond acceptors (Lipinski definition) is 4. The van der Waals surface area contributed by atoms with Gasteiger partial charge in [0.1, 0.15) is 11.1 Å². The number of carbonyl (C=O) groups is 1. The first-order valence-corrected chi connectivity index (χ1v) is 10.4.